The molecule has 0 bridgehead atoms. The summed E-state index contributed by atoms with van der Waals surface area (Å²) in [6, 6.07) is 0. The second kappa shape index (κ2) is 2.05. The van der Waals surface area contributed by atoms with Gasteiger partial charge in [0.1, 0.15) is 10.5 Å². The minimum Gasteiger partial charge on any atom is -0.298 e. The van der Waals surface area contributed by atoms with Gasteiger partial charge in [0, 0.05) is 5.41 Å². The highest BCUT2D eigenvalue weighted by molar-refractivity contribution is 8.04. The van der Waals surface area contributed by atoms with Gasteiger partial charge >= 0.3 is 0 Å². The van der Waals surface area contributed by atoms with Gasteiger partial charge in [-0.05, 0) is 19.9 Å². The van der Waals surface area contributed by atoms with Gasteiger partial charge < -0.3 is 0 Å². The number of carbonyl (C=O) groups excluding carboxylic acids is 1. The fourth-order valence-corrected chi connectivity index (χ4v) is 1.25. The molecule has 0 saturated heterocycles. The second-order valence-electron chi connectivity index (χ2n) is 2.21. The highest BCUT2D eigenvalue weighted by atomic mass is 32.2. The molecule has 0 spiro atoms. The number of carbonyl (C=O) groups is 1. The number of hydrogen-bond donors (Lipinski definition) is 0. The molecule has 48 valence electrons. The Labute approximate surface area is 58.8 Å². The molecule has 1 rings (SSSR count). The summed E-state index contributed by atoms with van der Waals surface area (Å²) in [6.07, 6.45) is 1.81. The van der Waals surface area contributed by atoms with Crippen LogP contribution in [0.1, 0.15) is 13.8 Å². The first-order valence-electron chi connectivity index (χ1n) is 2.76. The number of thioether (sulfide) groups is 1. The van der Waals surface area contributed by atoms with E-state index in [4.69, 9.17) is 0 Å². The Hall–Kier alpha value is -0.460. The normalized spacial score (nSPS) is 31.3. The van der Waals surface area contributed by atoms with Crippen molar-refractivity contribution >= 4 is 17.5 Å². The smallest absolute Gasteiger partial charge is 0.150 e. The lowest BCUT2D eigenvalue weighted by atomic mass is 10.1. The third-order valence-electron chi connectivity index (χ3n) is 1.43. The summed E-state index contributed by atoms with van der Waals surface area (Å²) in [5, 5.41) is 1.82. The first-order valence-corrected chi connectivity index (χ1v) is 3.64. The van der Waals surface area contributed by atoms with E-state index in [1.54, 1.807) is 13.0 Å². The van der Waals surface area contributed by atoms with Crippen molar-refractivity contribution in [2.24, 2.45) is 0 Å². The van der Waals surface area contributed by atoms with Gasteiger partial charge in [-0.1, -0.05) is 0 Å². The van der Waals surface area contributed by atoms with Gasteiger partial charge in [0.2, 0.25) is 0 Å². The highest BCUT2D eigenvalue weighted by Gasteiger charge is 2.28. The van der Waals surface area contributed by atoms with E-state index in [2.05, 4.69) is 5.73 Å². The predicted molar refractivity (Wildman–Crippen MR) is 39.3 cm³/mol. The fraction of sp³-hybridized carbons (Fsp3) is 0.429. The van der Waals surface area contributed by atoms with Crippen LogP contribution in [-0.2, 0) is 4.79 Å². The quantitative estimate of drug-likeness (QED) is 0.516. The molecule has 0 fully saturated rings. The third-order valence-corrected chi connectivity index (χ3v) is 2.58. The summed E-state index contributed by atoms with van der Waals surface area (Å²) in [7, 11) is 0. The molecule has 1 heterocycles. The summed E-state index contributed by atoms with van der Waals surface area (Å²) in [5.74, 6) is 0.189. The third kappa shape index (κ3) is 1.09. The van der Waals surface area contributed by atoms with Gasteiger partial charge in [-0.15, -0.1) is 17.5 Å². The van der Waals surface area contributed by atoms with Crippen molar-refractivity contribution in [3.8, 4) is 0 Å². The van der Waals surface area contributed by atoms with Crippen molar-refractivity contribution in [3.05, 3.63) is 17.2 Å². The second-order valence-corrected chi connectivity index (χ2v) is 3.53. The molecule has 0 aliphatic carbocycles. The molecule has 0 saturated carbocycles. The molecule has 1 aliphatic rings. The van der Waals surface area contributed by atoms with Crippen molar-refractivity contribution in [1.29, 1.82) is 0 Å². The van der Waals surface area contributed by atoms with E-state index in [1.165, 1.54) is 11.8 Å². The van der Waals surface area contributed by atoms with E-state index < -0.39 is 0 Å². The lowest BCUT2D eigenvalue weighted by molar-refractivity contribution is -0.117. The SMILES string of the molecule is CC(=O)C1(C)C=C=CS1. The molecule has 0 aromatic heterocycles. The standard InChI is InChI=1S/C7H8OS/c1-6(8)7(2)4-3-5-9-7/h4-5H,1-2H3. The van der Waals surface area contributed by atoms with Crippen LogP contribution in [0.3, 0.4) is 0 Å². The molecule has 9 heavy (non-hydrogen) atoms. The highest BCUT2D eigenvalue weighted by Crippen LogP contribution is 2.31. The molecule has 0 N–H and O–H groups in total. The summed E-state index contributed by atoms with van der Waals surface area (Å²) in [4.78, 5) is 10.9. The maximum atomic E-state index is 10.9. The Morgan fingerprint density at radius 3 is 2.67 bits per heavy atom. The van der Waals surface area contributed by atoms with E-state index in [0.717, 1.165) is 0 Å². The molecule has 1 unspecified atom stereocenters. The molecule has 0 aromatic rings. The van der Waals surface area contributed by atoms with Gasteiger partial charge in [-0.2, -0.15) is 0 Å². The summed E-state index contributed by atoms with van der Waals surface area (Å²) in [6.45, 7) is 3.50. The van der Waals surface area contributed by atoms with E-state index in [0.29, 0.717) is 0 Å². The van der Waals surface area contributed by atoms with Crippen LogP contribution in [0.2, 0.25) is 0 Å². The number of Topliss-reactive ketones (excluding diaryl/α,β-unsaturated/α-hetero) is 1. The molecule has 1 aliphatic heterocycles. The average Bonchev–Trinajstić information content (AvgIpc) is 2.16. The first-order chi connectivity index (χ1) is 4.15. The van der Waals surface area contributed by atoms with Crippen molar-refractivity contribution in [3.63, 3.8) is 0 Å². The largest absolute Gasteiger partial charge is 0.298 e. The minimum atomic E-state index is -0.319. The van der Waals surface area contributed by atoms with Crippen LogP contribution in [0, 0.1) is 0 Å². The fourth-order valence-electron chi connectivity index (χ4n) is 0.568. The number of ketones is 1. The monoisotopic (exact) mass is 140 g/mol. The van der Waals surface area contributed by atoms with Crippen LogP contribution in [0.4, 0.5) is 0 Å². The Balaban J connectivity index is 2.79. The van der Waals surface area contributed by atoms with Crippen LogP contribution in [0.15, 0.2) is 17.2 Å². The summed E-state index contributed by atoms with van der Waals surface area (Å²) in [5.41, 5.74) is 2.89. The first kappa shape index (κ1) is 6.66. The lowest BCUT2D eigenvalue weighted by Gasteiger charge is -2.14. The summed E-state index contributed by atoms with van der Waals surface area (Å²) < 4.78 is -0.319. The van der Waals surface area contributed by atoms with Crippen molar-refractivity contribution < 1.29 is 4.79 Å². The maximum absolute atomic E-state index is 10.9. The van der Waals surface area contributed by atoms with Crippen LogP contribution < -0.4 is 0 Å². The van der Waals surface area contributed by atoms with E-state index in [1.807, 2.05) is 12.3 Å². The van der Waals surface area contributed by atoms with E-state index in [9.17, 15) is 4.79 Å². The molecule has 1 nitrogen and oxygen atoms in total. The van der Waals surface area contributed by atoms with Crippen molar-refractivity contribution in [2.45, 2.75) is 18.6 Å². The van der Waals surface area contributed by atoms with Gasteiger partial charge in [0.05, 0.1) is 0 Å². The Morgan fingerprint density at radius 1 is 1.78 bits per heavy atom. The number of hydrogen-bond acceptors (Lipinski definition) is 2. The molecular formula is C7H8OS. The van der Waals surface area contributed by atoms with Crippen LogP contribution in [0.25, 0.3) is 0 Å². The molecule has 0 aromatic carbocycles. The van der Waals surface area contributed by atoms with Crippen molar-refractivity contribution in [2.75, 3.05) is 0 Å². The Kier molecular flexibility index (Phi) is 1.52. The van der Waals surface area contributed by atoms with E-state index >= 15 is 0 Å². The zero-order valence-corrected chi connectivity index (χ0v) is 6.29. The Bertz CT molecular complexity index is 197. The maximum Gasteiger partial charge on any atom is 0.150 e. The van der Waals surface area contributed by atoms with Crippen LogP contribution in [-0.4, -0.2) is 10.5 Å². The van der Waals surface area contributed by atoms with Gasteiger partial charge in [0.15, 0.2) is 0 Å². The van der Waals surface area contributed by atoms with Gasteiger partial charge in [0.25, 0.3) is 0 Å². The lowest BCUT2D eigenvalue weighted by Crippen LogP contribution is -2.23. The molecule has 1 atom stereocenters. The van der Waals surface area contributed by atoms with Crippen LogP contribution >= 0.6 is 11.8 Å². The topological polar surface area (TPSA) is 17.1 Å². The van der Waals surface area contributed by atoms with Crippen LogP contribution in [0.5, 0.6) is 0 Å². The molecule has 0 radical (unpaired) electrons. The zero-order chi connectivity index (χ0) is 6.91. The van der Waals surface area contributed by atoms with Crippen molar-refractivity contribution in [1.82, 2.24) is 0 Å². The minimum absolute atomic E-state index is 0.189. The predicted octanol–water partition coefficient (Wildman–Crippen LogP) is 1.75. The molecule has 0 amide bonds. The number of rotatable bonds is 1. The zero-order valence-electron chi connectivity index (χ0n) is 5.47. The Morgan fingerprint density at radius 2 is 2.44 bits per heavy atom. The van der Waals surface area contributed by atoms with Gasteiger partial charge in [-0.3, -0.25) is 4.79 Å². The van der Waals surface area contributed by atoms with Gasteiger partial charge in [-0.25, -0.2) is 0 Å². The molecule has 2 heteroatoms. The summed E-state index contributed by atoms with van der Waals surface area (Å²) >= 11 is 1.51. The molecular weight excluding hydrogens is 132 g/mol. The van der Waals surface area contributed by atoms with E-state index in [-0.39, 0.29) is 10.5 Å². The average molecular weight is 140 g/mol.